The van der Waals surface area contributed by atoms with Crippen LogP contribution in [0.3, 0.4) is 0 Å². The Hall–Kier alpha value is -5.60. The van der Waals surface area contributed by atoms with Gasteiger partial charge in [0, 0.05) is 33.3 Å². The van der Waals surface area contributed by atoms with E-state index in [1.807, 2.05) is 6.07 Å². The van der Waals surface area contributed by atoms with Crippen molar-refractivity contribution in [3.63, 3.8) is 0 Å². The molecule has 9 rings (SSSR count). The summed E-state index contributed by atoms with van der Waals surface area (Å²) < 4.78 is 6.34. The Bertz CT molecular complexity index is 2260. The summed E-state index contributed by atoms with van der Waals surface area (Å²) in [7, 11) is 0. The molecule has 0 spiro atoms. The number of hydrogen-bond donors (Lipinski definition) is 0. The number of allylic oxidation sites excluding steroid dienone is 4. The van der Waals surface area contributed by atoms with Crippen molar-refractivity contribution >= 4 is 38.9 Å². The van der Waals surface area contributed by atoms with Gasteiger partial charge >= 0.3 is 0 Å². The molecule has 7 aromatic rings. The molecule has 0 bridgehead atoms. The van der Waals surface area contributed by atoms with Crippen molar-refractivity contribution < 1.29 is 4.42 Å². The Morgan fingerprint density at radius 2 is 1.09 bits per heavy atom. The highest BCUT2D eigenvalue weighted by Crippen LogP contribution is 2.53. The van der Waals surface area contributed by atoms with Crippen LogP contribution in [0.25, 0.3) is 49.8 Å². The van der Waals surface area contributed by atoms with E-state index in [4.69, 9.17) is 4.42 Å². The Morgan fingerprint density at radius 1 is 0.532 bits per heavy atom. The molecule has 6 aromatic carbocycles. The van der Waals surface area contributed by atoms with Gasteiger partial charge in [-0.2, -0.15) is 0 Å². The standard InChI is InChI=1S/C45H35NO/c1-45(2)41-26-25-36(27-38(41)39-28-40-37-15-9-10-16-43(37)47-44(40)29-42(39)45)46(34-21-17-32(18-22-34)30-11-5-3-6-12-30)35-23-19-33(20-24-35)31-13-7-4-8-14-31/h3-24,27-29H,25-26H2,1-2H3. The molecule has 0 fully saturated rings. The third-order valence-electron chi connectivity index (χ3n) is 10.3. The average molecular weight is 606 g/mol. The fourth-order valence-electron chi connectivity index (χ4n) is 7.80. The van der Waals surface area contributed by atoms with Crippen molar-refractivity contribution in [3.8, 4) is 22.3 Å². The second kappa shape index (κ2) is 10.7. The molecule has 0 atom stereocenters. The summed E-state index contributed by atoms with van der Waals surface area (Å²) in [5, 5.41) is 2.37. The van der Waals surface area contributed by atoms with Crippen molar-refractivity contribution in [3.05, 3.63) is 174 Å². The summed E-state index contributed by atoms with van der Waals surface area (Å²) in [6.07, 6.45) is 4.46. The highest BCUT2D eigenvalue weighted by molar-refractivity contribution is 6.07. The lowest BCUT2D eigenvalue weighted by atomic mass is 9.78. The predicted molar refractivity (Wildman–Crippen MR) is 197 cm³/mol. The maximum atomic E-state index is 6.34. The van der Waals surface area contributed by atoms with E-state index in [0.29, 0.717) is 0 Å². The van der Waals surface area contributed by atoms with Gasteiger partial charge < -0.3 is 9.32 Å². The summed E-state index contributed by atoms with van der Waals surface area (Å²) in [5.41, 5.74) is 16.0. The molecule has 2 nitrogen and oxygen atoms in total. The van der Waals surface area contributed by atoms with Gasteiger partial charge in [0.2, 0.25) is 0 Å². The van der Waals surface area contributed by atoms with Crippen LogP contribution in [-0.4, -0.2) is 0 Å². The fourth-order valence-corrected chi connectivity index (χ4v) is 7.80. The van der Waals surface area contributed by atoms with Crippen LogP contribution in [-0.2, 0) is 5.41 Å². The lowest BCUT2D eigenvalue weighted by Gasteiger charge is -2.33. The van der Waals surface area contributed by atoms with Crippen LogP contribution in [0.1, 0.15) is 37.8 Å². The Kier molecular flexibility index (Phi) is 6.33. The van der Waals surface area contributed by atoms with E-state index >= 15 is 0 Å². The summed E-state index contributed by atoms with van der Waals surface area (Å²) >= 11 is 0. The zero-order chi connectivity index (χ0) is 31.5. The van der Waals surface area contributed by atoms with Crippen LogP contribution < -0.4 is 4.90 Å². The molecular weight excluding hydrogens is 571 g/mol. The summed E-state index contributed by atoms with van der Waals surface area (Å²) in [6.45, 7) is 4.76. The van der Waals surface area contributed by atoms with Gasteiger partial charge in [-0.3, -0.25) is 0 Å². The van der Waals surface area contributed by atoms with Gasteiger partial charge in [0.05, 0.1) is 0 Å². The number of para-hydroxylation sites is 1. The monoisotopic (exact) mass is 605 g/mol. The quantitative estimate of drug-likeness (QED) is 0.194. The van der Waals surface area contributed by atoms with Gasteiger partial charge in [0.1, 0.15) is 11.2 Å². The minimum atomic E-state index is -0.0562. The van der Waals surface area contributed by atoms with Gasteiger partial charge in [0.25, 0.3) is 0 Å². The van der Waals surface area contributed by atoms with Gasteiger partial charge in [-0.1, -0.05) is 123 Å². The first-order chi connectivity index (χ1) is 23.0. The highest BCUT2D eigenvalue weighted by atomic mass is 16.3. The van der Waals surface area contributed by atoms with E-state index in [2.05, 4.69) is 164 Å². The number of anilines is 2. The zero-order valence-corrected chi connectivity index (χ0v) is 26.7. The first-order valence-electron chi connectivity index (χ1n) is 16.6. The zero-order valence-electron chi connectivity index (χ0n) is 26.7. The van der Waals surface area contributed by atoms with E-state index in [0.717, 1.165) is 24.0 Å². The molecule has 0 aliphatic heterocycles. The molecule has 0 unspecified atom stereocenters. The number of furan rings is 1. The summed E-state index contributed by atoms with van der Waals surface area (Å²) in [5.74, 6) is 0. The molecule has 2 aliphatic carbocycles. The van der Waals surface area contributed by atoms with Crippen molar-refractivity contribution in [2.75, 3.05) is 4.90 Å². The fraction of sp³-hybridized carbons (Fsp3) is 0.111. The molecular formula is C45H35NO. The van der Waals surface area contributed by atoms with E-state index in [-0.39, 0.29) is 5.41 Å². The largest absolute Gasteiger partial charge is 0.456 e. The van der Waals surface area contributed by atoms with E-state index in [9.17, 15) is 0 Å². The van der Waals surface area contributed by atoms with Crippen LogP contribution in [0.2, 0.25) is 0 Å². The molecule has 0 radical (unpaired) electrons. The normalized spacial score (nSPS) is 15.1. The maximum Gasteiger partial charge on any atom is 0.135 e. The van der Waals surface area contributed by atoms with Crippen LogP contribution in [0.15, 0.2) is 167 Å². The van der Waals surface area contributed by atoms with Crippen LogP contribution >= 0.6 is 0 Å². The lowest BCUT2D eigenvalue weighted by Crippen LogP contribution is -2.22. The van der Waals surface area contributed by atoms with Gasteiger partial charge in [-0.05, 0) is 100 Å². The number of benzene rings is 6. The molecule has 1 aromatic heterocycles. The number of hydrogen-bond acceptors (Lipinski definition) is 2. The van der Waals surface area contributed by atoms with Crippen LogP contribution in [0.5, 0.6) is 0 Å². The topological polar surface area (TPSA) is 16.4 Å². The number of fused-ring (bicyclic) bond motifs is 5. The minimum Gasteiger partial charge on any atom is -0.456 e. The molecule has 0 saturated heterocycles. The lowest BCUT2D eigenvalue weighted by molar-refractivity contribution is 0.600. The van der Waals surface area contributed by atoms with Gasteiger partial charge in [-0.25, -0.2) is 0 Å². The second-order valence-corrected chi connectivity index (χ2v) is 13.3. The SMILES string of the molecule is CC1(C)C2=C(C=C(N(c3ccc(-c4ccccc4)cc3)c3ccc(-c4ccccc4)cc3)CC2)c2cc3c(cc21)oc1ccccc13. The Labute approximate surface area is 275 Å². The van der Waals surface area contributed by atoms with E-state index in [1.165, 1.54) is 72.4 Å². The first-order valence-corrected chi connectivity index (χ1v) is 16.6. The number of nitrogens with zero attached hydrogens (tertiary/aromatic N) is 1. The van der Waals surface area contributed by atoms with Crippen molar-refractivity contribution in [2.45, 2.75) is 32.1 Å². The van der Waals surface area contributed by atoms with Crippen molar-refractivity contribution in [1.29, 1.82) is 0 Å². The van der Waals surface area contributed by atoms with Crippen LogP contribution in [0, 0.1) is 0 Å². The van der Waals surface area contributed by atoms with E-state index in [1.54, 1.807) is 0 Å². The summed E-state index contributed by atoms with van der Waals surface area (Å²) in [4.78, 5) is 2.46. The molecule has 0 N–H and O–H groups in total. The van der Waals surface area contributed by atoms with E-state index < -0.39 is 0 Å². The Morgan fingerprint density at radius 3 is 1.70 bits per heavy atom. The van der Waals surface area contributed by atoms with Gasteiger partial charge in [-0.15, -0.1) is 0 Å². The molecule has 226 valence electrons. The van der Waals surface area contributed by atoms with Crippen LogP contribution in [0.4, 0.5) is 11.4 Å². The third-order valence-corrected chi connectivity index (χ3v) is 10.3. The molecule has 2 heteroatoms. The first kappa shape index (κ1) is 27.7. The second-order valence-electron chi connectivity index (χ2n) is 13.3. The average Bonchev–Trinajstić information content (AvgIpc) is 3.60. The Balaban J connectivity index is 1.18. The number of rotatable bonds is 5. The molecule has 0 saturated carbocycles. The molecule has 0 amide bonds. The highest BCUT2D eigenvalue weighted by Gasteiger charge is 2.39. The predicted octanol–water partition coefficient (Wildman–Crippen LogP) is 12.5. The smallest absolute Gasteiger partial charge is 0.135 e. The molecule has 1 heterocycles. The maximum absolute atomic E-state index is 6.34. The van der Waals surface area contributed by atoms with Crippen molar-refractivity contribution in [2.24, 2.45) is 0 Å². The molecule has 2 aliphatic rings. The minimum absolute atomic E-state index is 0.0562. The van der Waals surface area contributed by atoms with Gasteiger partial charge in [0.15, 0.2) is 0 Å². The third kappa shape index (κ3) is 4.55. The molecule has 47 heavy (non-hydrogen) atoms. The summed E-state index contributed by atoms with van der Waals surface area (Å²) in [6, 6.07) is 52.4. The van der Waals surface area contributed by atoms with Crippen molar-refractivity contribution in [1.82, 2.24) is 0 Å².